The van der Waals surface area contributed by atoms with Crippen LogP contribution in [0.4, 0.5) is 0 Å². The van der Waals surface area contributed by atoms with Gasteiger partial charge < -0.3 is 24.9 Å². The van der Waals surface area contributed by atoms with E-state index in [9.17, 15) is 34.0 Å². The molecule has 1 aliphatic carbocycles. The number of carbonyl (C=O) groups excluding carboxylic acids is 2. The van der Waals surface area contributed by atoms with Crippen LogP contribution >= 0.6 is 15.6 Å². The first-order valence-corrected chi connectivity index (χ1v) is 20.4. The summed E-state index contributed by atoms with van der Waals surface area (Å²) in [6.07, 6.45) is -12.9. The summed E-state index contributed by atoms with van der Waals surface area (Å²) < 4.78 is 68.7. The molecule has 0 aromatic heterocycles. The monoisotopic (exact) mass is 798 g/mol. The van der Waals surface area contributed by atoms with Gasteiger partial charge in [-0.05, 0) is 29.2 Å². The van der Waals surface area contributed by atoms with Crippen molar-refractivity contribution in [2.45, 2.75) is 82.8 Å². The molecule has 4 aromatic carbocycles. The first kappa shape index (κ1) is 42.3. The average molecular weight is 799 g/mol. The summed E-state index contributed by atoms with van der Waals surface area (Å²) in [6, 6.07) is 34.5. The van der Waals surface area contributed by atoms with Crippen LogP contribution in [0, 0.1) is 0 Å². The molecule has 55 heavy (non-hydrogen) atoms. The number of phosphoric acid groups is 2. The molecule has 6 atom stereocenters. The Bertz CT molecular complexity index is 1790. The number of esters is 1. The molecule has 4 aromatic rings. The molecule has 0 bridgehead atoms. The van der Waals surface area contributed by atoms with Gasteiger partial charge in [-0.15, -0.1) is 0 Å². The van der Waals surface area contributed by atoms with Crippen molar-refractivity contribution in [1.82, 2.24) is 0 Å². The van der Waals surface area contributed by atoms with Crippen molar-refractivity contribution in [2.24, 2.45) is 0 Å². The van der Waals surface area contributed by atoms with Gasteiger partial charge in [-0.25, -0.2) is 9.13 Å². The molecule has 0 radical (unpaired) electrons. The summed E-state index contributed by atoms with van der Waals surface area (Å²) in [6.45, 7) is 0.132. The smallest absolute Gasteiger partial charge is 0.457 e. The SMILES string of the molecule is CC(=O)CCC(=O)O[C@H]1[C@H](O)[C@H](O)[C@H](OP(=O)(OCc2ccccc2)OCc2ccccc2)[C@@H](O)[C@@H]1OP(=O)(OCc1ccccc1)OCc1ccccc1. The molecule has 0 heterocycles. The van der Waals surface area contributed by atoms with Gasteiger partial charge in [0.1, 0.15) is 36.3 Å². The van der Waals surface area contributed by atoms with Gasteiger partial charge in [-0.3, -0.25) is 31.9 Å². The zero-order chi connectivity index (χ0) is 39.3. The average Bonchev–Trinajstić information content (AvgIpc) is 3.21. The van der Waals surface area contributed by atoms with Crippen LogP contribution in [0.15, 0.2) is 121 Å². The highest BCUT2D eigenvalue weighted by atomic mass is 31.2. The van der Waals surface area contributed by atoms with E-state index >= 15 is 0 Å². The third kappa shape index (κ3) is 12.8. The summed E-state index contributed by atoms with van der Waals surface area (Å²) in [4.78, 5) is 24.5. The maximum absolute atomic E-state index is 14.5. The number of carbonyl (C=O) groups is 2. The quantitative estimate of drug-likeness (QED) is 0.0674. The van der Waals surface area contributed by atoms with Crippen LogP contribution < -0.4 is 0 Å². The van der Waals surface area contributed by atoms with Gasteiger partial charge in [-0.1, -0.05) is 121 Å². The van der Waals surface area contributed by atoms with Crippen molar-refractivity contribution >= 4 is 27.4 Å². The van der Waals surface area contributed by atoms with E-state index in [0.717, 1.165) is 0 Å². The Hall–Kier alpha value is -3.88. The predicted octanol–water partition coefficient (Wildman–Crippen LogP) is 6.22. The van der Waals surface area contributed by atoms with E-state index < -0.39 is 64.7 Å². The van der Waals surface area contributed by atoms with Crippen molar-refractivity contribution in [2.75, 3.05) is 0 Å². The fourth-order valence-electron chi connectivity index (χ4n) is 5.44. The summed E-state index contributed by atoms with van der Waals surface area (Å²) >= 11 is 0. The van der Waals surface area contributed by atoms with Gasteiger partial charge in [-0.2, -0.15) is 0 Å². The van der Waals surface area contributed by atoms with Gasteiger partial charge in [0.15, 0.2) is 6.10 Å². The fraction of sp³-hybridized carbons (Fsp3) is 0.333. The van der Waals surface area contributed by atoms with E-state index in [1.54, 1.807) is 121 Å². The van der Waals surface area contributed by atoms with Crippen LogP contribution in [-0.2, 0) is 77.0 Å². The number of aliphatic hydroxyl groups is 3. The van der Waals surface area contributed by atoms with Crippen LogP contribution in [0.3, 0.4) is 0 Å². The molecule has 1 aliphatic rings. The van der Waals surface area contributed by atoms with E-state index in [1.165, 1.54) is 6.92 Å². The van der Waals surface area contributed by atoms with Crippen molar-refractivity contribution < 1.29 is 65.9 Å². The molecule has 1 fully saturated rings. The molecule has 14 nitrogen and oxygen atoms in total. The minimum atomic E-state index is -4.78. The lowest BCUT2D eigenvalue weighted by Crippen LogP contribution is -2.65. The lowest BCUT2D eigenvalue weighted by molar-refractivity contribution is -0.229. The molecule has 5 rings (SSSR count). The van der Waals surface area contributed by atoms with Crippen LogP contribution in [0.25, 0.3) is 0 Å². The minimum Gasteiger partial charge on any atom is -0.457 e. The second-order valence-corrected chi connectivity index (χ2v) is 15.9. The Kier molecular flexibility index (Phi) is 15.6. The van der Waals surface area contributed by atoms with E-state index in [1.807, 2.05) is 0 Å². The fourth-order valence-corrected chi connectivity index (χ4v) is 8.16. The first-order chi connectivity index (χ1) is 26.4. The molecule has 0 unspecified atom stereocenters. The Morgan fingerprint density at radius 1 is 0.491 bits per heavy atom. The Labute approximate surface area is 319 Å². The van der Waals surface area contributed by atoms with Crippen LogP contribution in [0.1, 0.15) is 42.0 Å². The highest BCUT2D eigenvalue weighted by Gasteiger charge is 2.57. The molecule has 294 valence electrons. The molecule has 3 N–H and O–H groups in total. The van der Waals surface area contributed by atoms with Crippen LogP contribution in [0.2, 0.25) is 0 Å². The number of phosphoric ester groups is 2. The number of aliphatic hydroxyl groups excluding tert-OH is 3. The molecule has 16 heteroatoms. The first-order valence-electron chi connectivity index (χ1n) is 17.5. The number of benzene rings is 4. The molecular formula is C39H44O14P2. The number of Topliss-reactive ketones (excluding diaryl/α,β-unsaturated/α-hetero) is 1. The van der Waals surface area contributed by atoms with Crippen LogP contribution in [0.5, 0.6) is 0 Å². The zero-order valence-corrected chi connectivity index (χ0v) is 31.8. The third-order valence-corrected chi connectivity index (χ3v) is 11.2. The zero-order valence-electron chi connectivity index (χ0n) is 30.0. The van der Waals surface area contributed by atoms with E-state index in [0.29, 0.717) is 22.3 Å². The van der Waals surface area contributed by atoms with Gasteiger partial charge in [0, 0.05) is 6.42 Å². The maximum Gasteiger partial charge on any atom is 0.475 e. The van der Waals surface area contributed by atoms with Crippen molar-refractivity contribution in [3.8, 4) is 0 Å². The topological polar surface area (TPSA) is 194 Å². The lowest BCUT2D eigenvalue weighted by atomic mass is 9.85. The van der Waals surface area contributed by atoms with Crippen LogP contribution in [-0.4, -0.2) is 63.7 Å². The third-order valence-electron chi connectivity index (χ3n) is 8.40. The highest BCUT2D eigenvalue weighted by molar-refractivity contribution is 7.48. The van der Waals surface area contributed by atoms with Crippen molar-refractivity contribution in [3.63, 3.8) is 0 Å². The number of hydrogen-bond donors (Lipinski definition) is 3. The molecule has 0 amide bonds. The van der Waals surface area contributed by atoms with Gasteiger partial charge in [0.05, 0.1) is 32.8 Å². The standard InChI is InChI=1S/C39H44O14P2/c1-28(40)22-23-33(41)51-38-35(43)34(42)37(52-54(45,47-24-29-14-6-2-7-15-29)48-25-30-16-8-3-9-17-30)36(44)39(38)53-55(46,49-26-31-18-10-4-11-19-31)50-27-32-20-12-5-13-21-32/h2-21,34-39,42-44H,22-27H2,1H3/t34-,35+,36+,37-,38-,39-/m0/s1. The van der Waals surface area contributed by atoms with E-state index in [2.05, 4.69) is 0 Å². The molecule has 0 aliphatic heterocycles. The second kappa shape index (κ2) is 20.3. The Morgan fingerprint density at radius 2 is 0.818 bits per heavy atom. The van der Waals surface area contributed by atoms with Gasteiger partial charge in [0.2, 0.25) is 0 Å². The summed E-state index contributed by atoms with van der Waals surface area (Å²) in [7, 11) is -9.52. The maximum atomic E-state index is 14.5. The summed E-state index contributed by atoms with van der Waals surface area (Å²) in [5.41, 5.74) is 2.33. The predicted molar refractivity (Wildman–Crippen MR) is 198 cm³/mol. The Balaban J connectivity index is 1.46. The highest BCUT2D eigenvalue weighted by Crippen LogP contribution is 2.56. The number of ether oxygens (including phenoxy) is 1. The second-order valence-electron chi connectivity index (χ2n) is 12.7. The summed E-state index contributed by atoms with van der Waals surface area (Å²) in [5, 5.41) is 34.7. The normalized spacial score (nSPS) is 21.5. The lowest BCUT2D eigenvalue weighted by Gasteiger charge is -2.45. The molecular weight excluding hydrogens is 754 g/mol. The summed E-state index contributed by atoms with van der Waals surface area (Å²) in [5.74, 6) is -1.32. The van der Waals surface area contributed by atoms with Gasteiger partial charge >= 0.3 is 21.6 Å². The molecule has 0 saturated heterocycles. The van der Waals surface area contributed by atoms with Crippen molar-refractivity contribution in [3.05, 3.63) is 144 Å². The molecule has 0 spiro atoms. The van der Waals surface area contributed by atoms with E-state index in [4.69, 9.17) is 31.9 Å². The number of hydrogen-bond acceptors (Lipinski definition) is 14. The van der Waals surface area contributed by atoms with E-state index in [-0.39, 0.29) is 38.6 Å². The molecule has 1 saturated carbocycles. The number of rotatable bonds is 20. The van der Waals surface area contributed by atoms with Gasteiger partial charge in [0.25, 0.3) is 0 Å². The minimum absolute atomic E-state index is 0.205. The van der Waals surface area contributed by atoms with Crippen molar-refractivity contribution in [1.29, 1.82) is 0 Å². The largest absolute Gasteiger partial charge is 0.475 e. The number of ketones is 1. The Morgan fingerprint density at radius 3 is 1.16 bits per heavy atom.